The fraction of sp³-hybridized carbons (Fsp3) is 0.214. The van der Waals surface area contributed by atoms with Crippen molar-refractivity contribution in [2.45, 2.75) is 13.3 Å². The topological polar surface area (TPSA) is 51.5 Å². The van der Waals surface area contributed by atoms with Crippen LogP contribution in [0.2, 0.25) is 0 Å². The Morgan fingerprint density at radius 3 is 2.74 bits per heavy atom. The Kier molecular flexibility index (Phi) is 4.27. The lowest BCUT2D eigenvalue weighted by atomic mass is 10.1. The van der Waals surface area contributed by atoms with E-state index in [0.29, 0.717) is 16.1 Å². The summed E-state index contributed by atoms with van der Waals surface area (Å²) in [7, 11) is 1.57. The molecule has 1 aromatic carbocycles. The number of furan rings is 1. The van der Waals surface area contributed by atoms with Gasteiger partial charge in [0.15, 0.2) is 10.4 Å². The van der Waals surface area contributed by atoms with E-state index in [1.54, 1.807) is 19.2 Å². The molecule has 0 atom stereocenters. The minimum Gasteiger partial charge on any atom is -0.495 e. The van der Waals surface area contributed by atoms with Crippen molar-refractivity contribution >= 4 is 27.5 Å². The summed E-state index contributed by atoms with van der Waals surface area (Å²) >= 11 is 3.17. The van der Waals surface area contributed by atoms with E-state index in [0.717, 1.165) is 12.0 Å². The molecule has 0 saturated carbocycles. The molecule has 1 heterocycles. The first kappa shape index (κ1) is 13.7. The van der Waals surface area contributed by atoms with Crippen LogP contribution >= 0.6 is 15.9 Å². The highest BCUT2D eigenvalue weighted by molar-refractivity contribution is 9.10. The van der Waals surface area contributed by atoms with Crippen LogP contribution in [0.15, 0.2) is 39.4 Å². The number of amides is 1. The van der Waals surface area contributed by atoms with Crippen LogP contribution in [-0.2, 0) is 6.42 Å². The van der Waals surface area contributed by atoms with Crippen molar-refractivity contribution in [3.8, 4) is 5.75 Å². The number of ether oxygens (including phenoxy) is 1. The average molecular weight is 324 g/mol. The summed E-state index contributed by atoms with van der Waals surface area (Å²) in [5.41, 5.74) is 1.76. The SMILES string of the molecule is CCc1ccc(OC)c(NC(=O)c2ccc(Br)o2)c1. The van der Waals surface area contributed by atoms with Crippen molar-refractivity contribution in [2.24, 2.45) is 0 Å². The average Bonchev–Trinajstić information content (AvgIpc) is 2.85. The Labute approximate surface area is 119 Å². The monoisotopic (exact) mass is 323 g/mol. The second-order valence-corrected chi connectivity index (χ2v) is 4.73. The first-order valence-electron chi connectivity index (χ1n) is 5.87. The van der Waals surface area contributed by atoms with Gasteiger partial charge in [-0.3, -0.25) is 4.79 Å². The third-order valence-electron chi connectivity index (χ3n) is 2.72. The van der Waals surface area contributed by atoms with E-state index in [9.17, 15) is 4.79 Å². The van der Waals surface area contributed by atoms with E-state index in [1.807, 2.05) is 18.2 Å². The van der Waals surface area contributed by atoms with Crippen molar-refractivity contribution in [1.29, 1.82) is 0 Å². The van der Waals surface area contributed by atoms with Gasteiger partial charge in [0.25, 0.3) is 5.91 Å². The van der Waals surface area contributed by atoms with Gasteiger partial charge in [0.05, 0.1) is 12.8 Å². The Hall–Kier alpha value is -1.75. The summed E-state index contributed by atoms with van der Waals surface area (Å²) in [5, 5.41) is 2.79. The lowest BCUT2D eigenvalue weighted by Crippen LogP contribution is -2.12. The number of anilines is 1. The van der Waals surface area contributed by atoms with Crippen LogP contribution in [0, 0.1) is 0 Å². The highest BCUT2D eigenvalue weighted by Crippen LogP contribution is 2.26. The van der Waals surface area contributed by atoms with Gasteiger partial charge in [0.1, 0.15) is 5.75 Å². The summed E-state index contributed by atoms with van der Waals surface area (Å²) < 4.78 is 11.0. The van der Waals surface area contributed by atoms with Crippen LogP contribution < -0.4 is 10.1 Å². The highest BCUT2D eigenvalue weighted by atomic mass is 79.9. The van der Waals surface area contributed by atoms with Crippen LogP contribution in [0.5, 0.6) is 5.75 Å². The van der Waals surface area contributed by atoms with Crippen LogP contribution in [0.3, 0.4) is 0 Å². The Morgan fingerprint density at radius 2 is 2.16 bits per heavy atom. The van der Waals surface area contributed by atoms with Gasteiger partial charge in [0, 0.05) is 0 Å². The van der Waals surface area contributed by atoms with E-state index in [1.165, 1.54) is 0 Å². The lowest BCUT2D eigenvalue weighted by Gasteiger charge is -2.10. The molecule has 4 nitrogen and oxygen atoms in total. The lowest BCUT2D eigenvalue weighted by molar-refractivity contribution is 0.0995. The Bertz CT molecular complexity index is 592. The molecule has 0 aliphatic carbocycles. The number of aryl methyl sites for hydroxylation is 1. The van der Waals surface area contributed by atoms with E-state index in [4.69, 9.17) is 9.15 Å². The molecule has 0 unspecified atom stereocenters. The first-order chi connectivity index (χ1) is 9.13. The predicted octanol–water partition coefficient (Wildman–Crippen LogP) is 3.87. The van der Waals surface area contributed by atoms with Gasteiger partial charge in [-0.1, -0.05) is 13.0 Å². The quantitative estimate of drug-likeness (QED) is 0.929. The summed E-state index contributed by atoms with van der Waals surface area (Å²) in [6, 6.07) is 8.99. The minimum atomic E-state index is -0.308. The van der Waals surface area contributed by atoms with Gasteiger partial charge in [-0.05, 0) is 52.2 Å². The number of halogens is 1. The molecule has 0 saturated heterocycles. The maximum Gasteiger partial charge on any atom is 0.291 e. The maximum absolute atomic E-state index is 12.0. The van der Waals surface area contributed by atoms with E-state index >= 15 is 0 Å². The molecule has 1 amide bonds. The van der Waals surface area contributed by atoms with Gasteiger partial charge in [0.2, 0.25) is 0 Å². The summed E-state index contributed by atoms with van der Waals surface area (Å²) in [6.45, 7) is 2.05. The minimum absolute atomic E-state index is 0.246. The molecule has 100 valence electrons. The summed E-state index contributed by atoms with van der Waals surface area (Å²) in [4.78, 5) is 12.0. The fourth-order valence-corrected chi connectivity index (χ4v) is 2.00. The second kappa shape index (κ2) is 5.93. The predicted molar refractivity (Wildman–Crippen MR) is 76.7 cm³/mol. The van der Waals surface area contributed by atoms with Crippen molar-refractivity contribution in [1.82, 2.24) is 0 Å². The van der Waals surface area contributed by atoms with Gasteiger partial charge in [-0.2, -0.15) is 0 Å². The van der Waals surface area contributed by atoms with Gasteiger partial charge in [-0.25, -0.2) is 0 Å². The number of rotatable bonds is 4. The molecule has 5 heteroatoms. The second-order valence-electron chi connectivity index (χ2n) is 3.95. The van der Waals surface area contributed by atoms with E-state index in [-0.39, 0.29) is 11.7 Å². The third kappa shape index (κ3) is 3.17. The van der Waals surface area contributed by atoms with Crippen molar-refractivity contribution in [2.75, 3.05) is 12.4 Å². The van der Waals surface area contributed by atoms with Crippen LogP contribution in [0.4, 0.5) is 5.69 Å². The molecule has 1 N–H and O–H groups in total. The van der Waals surface area contributed by atoms with Crippen LogP contribution in [-0.4, -0.2) is 13.0 Å². The van der Waals surface area contributed by atoms with Crippen LogP contribution in [0.1, 0.15) is 23.0 Å². The van der Waals surface area contributed by atoms with Gasteiger partial charge in [-0.15, -0.1) is 0 Å². The molecule has 2 aromatic rings. The molecule has 1 aromatic heterocycles. The van der Waals surface area contributed by atoms with Crippen molar-refractivity contribution in [3.63, 3.8) is 0 Å². The molecule has 0 aliphatic heterocycles. The molecule has 2 rings (SSSR count). The number of carbonyl (C=O) groups is 1. The van der Waals surface area contributed by atoms with Gasteiger partial charge < -0.3 is 14.5 Å². The molecule has 0 radical (unpaired) electrons. The molecule has 19 heavy (non-hydrogen) atoms. The fourth-order valence-electron chi connectivity index (χ4n) is 1.69. The molecule has 0 bridgehead atoms. The molecular formula is C14H14BrNO3. The Balaban J connectivity index is 2.24. The van der Waals surface area contributed by atoms with E-state index in [2.05, 4.69) is 28.2 Å². The molecule has 0 fully saturated rings. The maximum atomic E-state index is 12.0. The molecule has 0 aliphatic rings. The number of hydrogen-bond acceptors (Lipinski definition) is 3. The summed E-state index contributed by atoms with van der Waals surface area (Å²) in [6.07, 6.45) is 0.888. The zero-order chi connectivity index (χ0) is 13.8. The first-order valence-corrected chi connectivity index (χ1v) is 6.67. The van der Waals surface area contributed by atoms with Gasteiger partial charge >= 0.3 is 0 Å². The number of benzene rings is 1. The zero-order valence-corrected chi connectivity index (χ0v) is 12.3. The van der Waals surface area contributed by atoms with Crippen molar-refractivity contribution in [3.05, 3.63) is 46.3 Å². The van der Waals surface area contributed by atoms with Crippen molar-refractivity contribution < 1.29 is 13.9 Å². The summed E-state index contributed by atoms with van der Waals surface area (Å²) in [5.74, 6) is 0.559. The Morgan fingerprint density at radius 1 is 1.37 bits per heavy atom. The molecule has 0 spiro atoms. The highest BCUT2D eigenvalue weighted by Gasteiger charge is 2.13. The number of nitrogens with one attached hydrogen (secondary N) is 1. The number of hydrogen-bond donors (Lipinski definition) is 1. The van der Waals surface area contributed by atoms with E-state index < -0.39 is 0 Å². The zero-order valence-electron chi connectivity index (χ0n) is 10.7. The molecular weight excluding hydrogens is 310 g/mol. The number of methoxy groups -OCH3 is 1. The standard InChI is InChI=1S/C14H14BrNO3/c1-3-9-4-5-11(18-2)10(8-9)16-14(17)12-6-7-13(15)19-12/h4-8H,3H2,1-2H3,(H,16,17). The smallest absolute Gasteiger partial charge is 0.291 e. The van der Waals surface area contributed by atoms with Crippen LogP contribution in [0.25, 0.3) is 0 Å². The number of carbonyl (C=O) groups excluding carboxylic acids is 1. The third-order valence-corrected chi connectivity index (χ3v) is 3.14. The normalized spacial score (nSPS) is 10.3. The largest absolute Gasteiger partial charge is 0.495 e.